The van der Waals surface area contributed by atoms with Crippen LogP contribution in [0.5, 0.6) is 11.5 Å². The molecular formula is C48H55N5O10. The Kier molecular flexibility index (Phi) is 14.0. The molecule has 9 rings (SSSR count). The first kappa shape index (κ1) is 43.5. The van der Waals surface area contributed by atoms with Gasteiger partial charge in [-0.2, -0.15) is 0 Å². The number of carbonyl (C=O) groups is 3. The van der Waals surface area contributed by atoms with Gasteiger partial charge in [0.05, 0.1) is 30.2 Å². The number of likely N-dealkylation sites (tertiary alicyclic amines) is 1. The lowest BCUT2D eigenvalue weighted by Gasteiger charge is -2.43. The number of ether oxygens (including phenoxy) is 3. The van der Waals surface area contributed by atoms with Crippen LogP contribution in [0.1, 0.15) is 83.7 Å². The zero-order chi connectivity index (χ0) is 43.7. The van der Waals surface area contributed by atoms with Crippen LogP contribution < -0.4 is 20.9 Å². The molecule has 2 aromatic heterocycles. The molecule has 63 heavy (non-hydrogen) atoms. The first-order valence-corrected chi connectivity index (χ1v) is 21.9. The molecule has 3 aromatic carbocycles. The minimum atomic E-state index is -0.851. The normalized spacial score (nSPS) is 19.6. The third-order valence-corrected chi connectivity index (χ3v) is 12.4. The van der Waals surface area contributed by atoms with E-state index in [4.69, 9.17) is 18.6 Å². The number of rotatable bonds is 17. The predicted molar refractivity (Wildman–Crippen MR) is 233 cm³/mol. The Labute approximate surface area is 365 Å². The van der Waals surface area contributed by atoms with Gasteiger partial charge in [0.15, 0.2) is 5.76 Å². The minimum absolute atomic E-state index is 0.0609. The molecule has 332 valence electrons. The Morgan fingerprint density at radius 1 is 0.873 bits per heavy atom. The molecule has 2 amide bonds. The molecule has 4 aliphatic rings. The number of amides is 2. The molecule has 0 aliphatic carbocycles. The summed E-state index contributed by atoms with van der Waals surface area (Å²) in [6.07, 6.45) is 3.06. The number of carbonyl (C=O) groups excluding carboxylic acids is 3. The van der Waals surface area contributed by atoms with Crippen LogP contribution in [-0.2, 0) is 20.9 Å². The summed E-state index contributed by atoms with van der Waals surface area (Å²) in [5.74, 6) is 0.801. The summed E-state index contributed by atoms with van der Waals surface area (Å²) >= 11 is 0. The average molecular weight is 862 g/mol. The van der Waals surface area contributed by atoms with Crippen molar-refractivity contribution >= 4 is 28.9 Å². The van der Waals surface area contributed by atoms with E-state index < -0.39 is 18.2 Å². The number of nitrogens with zero attached hydrogens (tertiary/aromatic N) is 2. The highest BCUT2D eigenvalue weighted by Gasteiger charge is 2.37. The molecule has 15 heteroatoms. The zero-order valence-corrected chi connectivity index (χ0v) is 35.2. The molecular weight excluding hydrogens is 807 g/mol. The number of phenolic OH excluding ortho intramolecular Hbond substituents is 1. The van der Waals surface area contributed by atoms with Gasteiger partial charge in [0.2, 0.25) is 5.56 Å². The fourth-order valence-electron chi connectivity index (χ4n) is 8.86. The number of hydrogen-bond acceptors (Lipinski definition) is 12. The molecule has 4 saturated heterocycles. The van der Waals surface area contributed by atoms with Gasteiger partial charge in [-0.1, -0.05) is 48.5 Å². The Balaban J connectivity index is 0.745. The van der Waals surface area contributed by atoms with Crippen LogP contribution >= 0.6 is 0 Å². The molecule has 2 bridgehead atoms. The highest BCUT2D eigenvalue weighted by molar-refractivity contribution is 5.91. The monoisotopic (exact) mass is 861 g/mol. The van der Waals surface area contributed by atoms with Gasteiger partial charge in [0, 0.05) is 37.6 Å². The summed E-state index contributed by atoms with van der Waals surface area (Å²) < 4.78 is 23.6. The predicted octanol–water partition coefficient (Wildman–Crippen LogP) is 5.81. The van der Waals surface area contributed by atoms with E-state index >= 15 is 0 Å². The van der Waals surface area contributed by atoms with Crippen molar-refractivity contribution < 1.29 is 43.2 Å². The van der Waals surface area contributed by atoms with E-state index in [1.165, 1.54) is 12.1 Å². The first-order valence-electron chi connectivity index (χ1n) is 21.9. The van der Waals surface area contributed by atoms with E-state index in [9.17, 15) is 29.4 Å². The number of pyridine rings is 1. The van der Waals surface area contributed by atoms with Crippen LogP contribution in [-0.4, -0.2) is 101 Å². The Morgan fingerprint density at radius 3 is 2.44 bits per heavy atom. The number of unbranched alkanes of at least 4 members (excludes halogenated alkanes) is 1. The molecule has 4 fully saturated rings. The van der Waals surface area contributed by atoms with Crippen molar-refractivity contribution in [2.45, 2.75) is 63.4 Å². The van der Waals surface area contributed by atoms with Gasteiger partial charge < -0.3 is 49.4 Å². The SMILES string of the molecule is O=C(NC(c1ccccc1)c1cccc(OCc2ccc(C(=O)N3CCC(C(=O)OCCCCNC[C@@H](O)c4ccc(O)c5[nH]c(=O)ccc45)CC3)o2)c1)O[C@H]1CN2CCC1CC2. The quantitative estimate of drug-likeness (QED) is 0.0557. The summed E-state index contributed by atoms with van der Waals surface area (Å²) in [6, 6.07) is 26.2. The number of phenols is 1. The number of furan rings is 1. The van der Waals surface area contributed by atoms with E-state index in [1.807, 2.05) is 54.6 Å². The van der Waals surface area contributed by atoms with Crippen LogP contribution in [0.3, 0.4) is 0 Å². The number of benzene rings is 3. The first-order chi connectivity index (χ1) is 30.7. The molecule has 0 saturated carbocycles. The highest BCUT2D eigenvalue weighted by atomic mass is 16.6. The van der Waals surface area contributed by atoms with Crippen molar-refractivity contribution in [1.29, 1.82) is 0 Å². The Hall–Kier alpha value is -6.16. The largest absolute Gasteiger partial charge is 0.506 e. The third kappa shape index (κ3) is 10.9. The summed E-state index contributed by atoms with van der Waals surface area (Å²) in [7, 11) is 0. The van der Waals surface area contributed by atoms with Crippen LogP contribution in [0, 0.1) is 11.8 Å². The maximum Gasteiger partial charge on any atom is 0.408 e. The number of hydrogen-bond donors (Lipinski definition) is 5. The average Bonchev–Trinajstić information content (AvgIpc) is 3.80. The summed E-state index contributed by atoms with van der Waals surface area (Å²) in [6.45, 7) is 4.95. The second kappa shape index (κ2) is 20.4. The summed E-state index contributed by atoms with van der Waals surface area (Å²) in [5, 5.41) is 27.7. The second-order valence-corrected chi connectivity index (χ2v) is 16.6. The van der Waals surface area contributed by atoms with Crippen molar-refractivity contribution in [3.63, 3.8) is 0 Å². The number of fused-ring (bicyclic) bond motifs is 4. The lowest BCUT2D eigenvalue weighted by Crippen LogP contribution is -2.52. The van der Waals surface area contributed by atoms with Gasteiger partial charge in [-0.25, -0.2) is 4.79 Å². The van der Waals surface area contributed by atoms with Gasteiger partial charge in [-0.15, -0.1) is 0 Å². The smallest absolute Gasteiger partial charge is 0.408 e. The molecule has 5 N–H and O–H groups in total. The van der Waals surface area contributed by atoms with E-state index in [2.05, 4.69) is 20.5 Å². The van der Waals surface area contributed by atoms with Crippen LogP contribution in [0.4, 0.5) is 4.79 Å². The number of H-pyrrole nitrogens is 1. The number of aliphatic hydroxyl groups excluding tert-OH is 1. The third-order valence-electron chi connectivity index (χ3n) is 12.4. The number of nitrogens with one attached hydrogen (secondary N) is 3. The van der Waals surface area contributed by atoms with Gasteiger partial charge >= 0.3 is 12.1 Å². The summed E-state index contributed by atoms with van der Waals surface area (Å²) in [5.41, 5.74) is 2.28. The topological polar surface area (TPSA) is 196 Å². The molecule has 5 aromatic rings. The number of alkyl carbamates (subject to hydrolysis) is 1. The van der Waals surface area contributed by atoms with Gasteiger partial charge in [-0.05, 0) is 117 Å². The van der Waals surface area contributed by atoms with Gasteiger partial charge in [-0.3, -0.25) is 19.3 Å². The molecule has 0 spiro atoms. The zero-order valence-electron chi connectivity index (χ0n) is 35.2. The summed E-state index contributed by atoms with van der Waals surface area (Å²) in [4.78, 5) is 57.8. The van der Waals surface area contributed by atoms with E-state index in [1.54, 1.807) is 29.2 Å². The van der Waals surface area contributed by atoms with Crippen molar-refractivity contribution in [2.24, 2.45) is 11.8 Å². The van der Waals surface area contributed by atoms with E-state index in [-0.39, 0.29) is 66.2 Å². The van der Waals surface area contributed by atoms with Crippen molar-refractivity contribution in [3.05, 3.63) is 130 Å². The highest BCUT2D eigenvalue weighted by Crippen LogP contribution is 2.32. The number of aromatic amines is 1. The number of piperidine rings is 4. The lowest BCUT2D eigenvalue weighted by molar-refractivity contribution is -0.150. The van der Waals surface area contributed by atoms with Crippen molar-refractivity contribution in [1.82, 2.24) is 25.4 Å². The van der Waals surface area contributed by atoms with Crippen molar-refractivity contribution in [3.8, 4) is 11.5 Å². The molecule has 6 heterocycles. The van der Waals surface area contributed by atoms with E-state index in [0.717, 1.165) is 50.0 Å². The van der Waals surface area contributed by atoms with Gasteiger partial charge in [0.25, 0.3) is 5.91 Å². The van der Waals surface area contributed by atoms with E-state index in [0.29, 0.717) is 67.3 Å². The lowest BCUT2D eigenvalue weighted by atomic mass is 9.86. The second-order valence-electron chi connectivity index (χ2n) is 16.6. The number of aliphatic hydroxyl groups is 1. The molecule has 1 unspecified atom stereocenters. The maximum absolute atomic E-state index is 13.4. The number of esters is 1. The van der Waals surface area contributed by atoms with Crippen molar-refractivity contribution in [2.75, 3.05) is 52.4 Å². The fraction of sp³-hybridized carbons (Fsp3) is 0.417. The van der Waals surface area contributed by atoms with Crippen LogP contribution in [0.25, 0.3) is 10.9 Å². The molecule has 4 aliphatic heterocycles. The molecule has 15 nitrogen and oxygen atoms in total. The Bertz CT molecular complexity index is 2400. The Morgan fingerprint density at radius 2 is 1.67 bits per heavy atom. The molecule has 3 atom stereocenters. The standard InChI is InChI=1S/C48H55N5O10/c54-39-14-12-37(38-13-16-43(56)50-45(38)39)40(55)28-49-21-4-5-26-60-47(58)33-19-24-53(25-20-33)46(57)41-15-11-36(62-41)30-61-35-10-6-9-34(27-35)44(32-7-2-1-3-8-32)51-48(59)63-42-29-52-22-17-31(42)18-23-52/h1-3,6-16,27,31,33,40,42,44,49,54-55H,4-5,17-26,28-30H2,(H,50,56)(H,51,59)/t40-,42+,44?/m1/s1. The van der Waals surface area contributed by atoms with Crippen LogP contribution in [0.2, 0.25) is 0 Å². The van der Waals surface area contributed by atoms with Gasteiger partial charge in [0.1, 0.15) is 30.0 Å². The minimum Gasteiger partial charge on any atom is -0.506 e. The van der Waals surface area contributed by atoms with Crippen LogP contribution in [0.15, 0.2) is 100 Å². The number of aromatic nitrogens is 1. The molecule has 0 radical (unpaired) electrons. The fourth-order valence-corrected chi connectivity index (χ4v) is 8.86. The number of aromatic hydroxyl groups is 1. The maximum atomic E-state index is 13.4.